The Balaban J connectivity index is 1.52. The number of halogens is 8. The Bertz CT molecular complexity index is 2280. The predicted octanol–water partition coefficient (Wildman–Crippen LogP) is 5.17. The first kappa shape index (κ1) is 33.1. The summed E-state index contributed by atoms with van der Waals surface area (Å²) in [5.74, 6) is -17.8. The molecule has 3 heterocycles. The van der Waals surface area contributed by atoms with Crippen LogP contribution in [0.25, 0.3) is 5.69 Å². The molecule has 2 fully saturated rings. The number of benzene rings is 3. The molecule has 3 aromatic carbocycles. The first-order chi connectivity index (χ1) is 23.1. The number of allylic oxidation sites excluding steroid dienone is 2. The van der Waals surface area contributed by atoms with E-state index in [2.05, 4.69) is 15.9 Å². The number of ether oxygens (including phenoxy) is 1. The van der Waals surface area contributed by atoms with Crippen LogP contribution in [-0.4, -0.2) is 47.7 Å². The number of para-hydroxylation sites is 1. The van der Waals surface area contributed by atoms with Crippen molar-refractivity contribution >= 4 is 56.6 Å². The quantitative estimate of drug-likeness (QED) is 0.0763. The zero-order chi connectivity index (χ0) is 35.5. The highest BCUT2D eigenvalue weighted by atomic mass is 79.9. The van der Waals surface area contributed by atoms with Crippen LogP contribution in [0.2, 0.25) is 0 Å². The molecule has 0 spiro atoms. The van der Waals surface area contributed by atoms with Crippen LogP contribution in [0.15, 0.2) is 68.2 Å². The number of aromatic nitrogens is 3. The number of nitrogens with zero attached hydrogens (tertiary/aromatic N) is 4. The molecule has 3 aliphatic rings. The second-order valence-corrected chi connectivity index (χ2v) is 13.5. The number of alkyl halides is 2. The van der Waals surface area contributed by atoms with E-state index in [-0.39, 0.29) is 44.2 Å². The standard InChI is InChI=1S/C31H18BrCl2F5N4O6/c1-49-17-10-12(9-15(32)25(17)44)18-14-7-8-40-28(47)41(13-5-3-2-4-6-13)29(48)43(40)16(14)11-30(33)26(45)42(27(46)31(18,30)34)24-22(38)20(36)19(35)21(37)23(24)39/h2-7,9-10,16,18,44H,8,11H2,1H3. The highest BCUT2D eigenvalue weighted by Gasteiger charge is 2.76. The molecular formula is C31H18BrCl2F5N4O6. The van der Waals surface area contributed by atoms with Crippen LogP contribution in [0.5, 0.6) is 11.5 Å². The molecule has 254 valence electrons. The number of amides is 2. The minimum absolute atomic E-state index is 0.00137. The average molecular weight is 788 g/mol. The van der Waals surface area contributed by atoms with Gasteiger partial charge in [-0.2, -0.15) is 0 Å². The van der Waals surface area contributed by atoms with Gasteiger partial charge in [0.2, 0.25) is 5.82 Å². The molecule has 1 saturated carbocycles. The van der Waals surface area contributed by atoms with E-state index in [1.165, 1.54) is 37.5 Å². The molecule has 18 heteroatoms. The van der Waals surface area contributed by atoms with Crippen molar-refractivity contribution in [3.05, 3.63) is 114 Å². The Morgan fingerprint density at radius 2 is 1.51 bits per heavy atom. The third-order valence-corrected chi connectivity index (χ3v) is 11.1. The molecule has 1 aliphatic carbocycles. The molecule has 4 unspecified atom stereocenters. The van der Waals surface area contributed by atoms with E-state index in [1.54, 1.807) is 18.2 Å². The van der Waals surface area contributed by atoms with E-state index in [4.69, 9.17) is 27.9 Å². The highest BCUT2D eigenvalue weighted by molar-refractivity contribution is 9.10. The molecule has 4 aromatic rings. The van der Waals surface area contributed by atoms with Crippen LogP contribution < -0.4 is 21.0 Å². The Kier molecular flexibility index (Phi) is 7.47. The van der Waals surface area contributed by atoms with Crippen LogP contribution in [0.1, 0.15) is 23.9 Å². The zero-order valence-corrected chi connectivity index (χ0v) is 27.6. The van der Waals surface area contributed by atoms with Gasteiger partial charge in [-0.05, 0) is 51.3 Å². The molecule has 1 saturated heterocycles. The van der Waals surface area contributed by atoms with E-state index in [9.17, 15) is 37.5 Å². The number of phenols is 1. The van der Waals surface area contributed by atoms with Gasteiger partial charge in [-0.1, -0.05) is 24.3 Å². The predicted molar refractivity (Wildman–Crippen MR) is 167 cm³/mol. The largest absolute Gasteiger partial charge is 0.503 e. The Morgan fingerprint density at radius 3 is 2.12 bits per heavy atom. The van der Waals surface area contributed by atoms with Gasteiger partial charge in [-0.25, -0.2) is 50.4 Å². The maximum atomic E-state index is 15.2. The van der Waals surface area contributed by atoms with Gasteiger partial charge >= 0.3 is 11.4 Å². The first-order valence-corrected chi connectivity index (χ1v) is 15.7. The molecule has 1 aromatic heterocycles. The number of rotatable bonds is 4. The number of methoxy groups -OCH3 is 1. The maximum absolute atomic E-state index is 15.2. The third-order valence-electron chi connectivity index (χ3n) is 9.11. The van der Waals surface area contributed by atoms with Gasteiger partial charge in [0, 0.05) is 12.3 Å². The maximum Gasteiger partial charge on any atom is 0.352 e. The third kappa shape index (κ3) is 4.16. The van der Waals surface area contributed by atoms with Crippen molar-refractivity contribution in [2.45, 2.75) is 34.7 Å². The lowest BCUT2D eigenvalue weighted by Crippen LogP contribution is -2.59. The van der Waals surface area contributed by atoms with Crippen LogP contribution in [0.3, 0.4) is 0 Å². The number of carbonyl (C=O) groups is 2. The number of imide groups is 1. The van der Waals surface area contributed by atoms with Crippen molar-refractivity contribution in [3.63, 3.8) is 0 Å². The summed E-state index contributed by atoms with van der Waals surface area (Å²) < 4.78 is 81.4. The monoisotopic (exact) mass is 786 g/mol. The molecule has 0 radical (unpaired) electrons. The summed E-state index contributed by atoms with van der Waals surface area (Å²) in [4.78, 5) is 50.4. The number of anilines is 1. The summed E-state index contributed by atoms with van der Waals surface area (Å²) >= 11 is 17.4. The molecule has 2 aliphatic heterocycles. The normalized spacial score (nSPS) is 24.4. The van der Waals surface area contributed by atoms with E-state index >= 15 is 8.78 Å². The number of hydrogen-bond donors (Lipinski definition) is 1. The minimum Gasteiger partial charge on any atom is -0.503 e. The van der Waals surface area contributed by atoms with Gasteiger partial charge < -0.3 is 9.84 Å². The minimum atomic E-state index is -2.76. The summed E-state index contributed by atoms with van der Waals surface area (Å²) in [6.07, 6.45) is 0.698. The Labute approximate surface area is 289 Å². The second-order valence-electron chi connectivity index (χ2n) is 11.5. The van der Waals surface area contributed by atoms with Crippen LogP contribution in [-0.2, 0) is 16.1 Å². The van der Waals surface area contributed by atoms with Gasteiger partial charge in [0.05, 0.1) is 29.9 Å². The van der Waals surface area contributed by atoms with Crippen molar-refractivity contribution in [3.8, 4) is 17.2 Å². The SMILES string of the molecule is COc1cc(C2C3=CCn4c(=O)n(-c5ccccc5)c(=O)n4C3CC3(Cl)C(=O)N(c4c(F)c(F)c(F)c(F)c4F)C(=O)C23Cl)cc(Br)c1O. The van der Waals surface area contributed by atoms with Crippen LogP contribution in [0, 0.1) is 29.1 Å². The van der Waals surface area contributed by atoms with Crippen molar-refractivity contribution in [2.75, 3.05) is 12.0 Å². The number of aromatic hydroxyl groups is 1. The molecule has 2 amide bonds. The summed E-state index contributed by atoms with van der Waals surface area (Å²) in [5, 5.41) is 10.5. The second kappa shape index (κ2) is 11.1. The van der Waals surface area contributed by atoms with E-state index in [0.717, 1.165) is 13.9 Å². The zero-order valence-electron chi connectivity index (χ0n) is 24.5. The van der Waals surface area contributed by atoms with Gasteiger partial charge in [-0.3, -0.25) is 9.59 Å². The highest BCUT2D eigenvalue weighted by Crippen LogP contribution is 2.64. The van der Waals surface area contributed by atoms with Crippen LogP contribution in [0.4, 0.5) is 27.6 Å². The smallest absolute Gasteiger partial charge is 0.352 e. The molecule has 4 atom stereocenters. The molecule has 0 bridgehead atoms. The molecular weight excluding hydrogens is 770 g/mol. The van der Waals surface area contributed by atoms with E-state index in [0.29, 0.717) is 0 Å². The number of phenolic OH excluding ortho intramolecular Hbond substituents is 1. The summed E-state index contributed by atoms with van der Waals surface area (Å²) in [7, 11) is 1.21. The van der Waals surface area contributed by atoms with E-state index < -0.39 is 86.1 Å². The van der Waals surface area contributed by atoms with Gasteiger partial charge in [0.1, 0.15) is 5.69 Å². The lowest BCUT2D eigenvalue weighted by atomic mass is 9.64. The Morgan fingerprint density at radius 1 is 0.898 bits per heavy atom. The lowest BCUT2D eigenvalue weighted by molar-refractivity contribution is -0.122. The molecule has 7 rings (SSSR count). The van der Waals surface area contributed by atoms with Crippen molar-refractivity contribution in [1.29, 1.82) is 0 Å². The summed E-state index contributed by atoms with van der Waals surface area (Å²) in [6, 6.07) is 9.02. The molecule has 1 N–H and O–H groups in total. The molecule has 10 nitrogen and oxygen atoms in total. The van der Waals surface area contributed by atoms with Gasteiger partial charge in [0.15, 0.2) is 44.5 Å². The van der Waals surface area contributed by atoms with Gasteiger partial charge in [-0.15, -0.1) is 23.2 Å². The number of carbonyl (C=O) groups excluding carboxylic acids is 2. The average Bonchev–Trinajstić information content (AvgIpc) is 3.42. The van der Waals surface area contributed by atoms with Crippen molar-refractivity contribution < 1.29 is 41.4 Å². The number of hydrogen-bond acceptors (Lipinski definition) is 6. The summed E-state index contributed by atoms with van der Waals surface area (Å²) in [5.41, 5.74) is -3.20. The van der Waals surface area contributed by atoms with Crippen LogP contribution >= 0.6 is 39.1 Å². The fraction of sp³-hybridized carbons (Fsp3) is 0.226. The fourth-order valence-electron chi connectivity index (χ4n) is 6.92. The fourth-order valence-corrected chi connectivity index (χ4v) is 8.29. The summed E-state index contributed by atoms with van der Waals surface area (Å²) in [6.45, 7) is -0.266. The van der Waals surface area contributed by atoms with E-state index in [1.807, 2.05) is 0 Å². The Hall–Kier alpha value is -4.41. The topological polar surface area (TPSA) is 116 Å². The number of fused-ring (bicyclic) bond motifs is 4. The lowest BCUT2D eigenvalue weighted by Gasteiger charge is -2.49. The molecule has 49 heavy (non-hydrogen) atoms. The van der Waals surface area contributed by atoms with Crippen molar-refractivity contribution in [2.24, 2.45) is 0 Å². The van der Waals surface area contributed by atoms with Gasteiger partial charge in [0.25, 0.3) is 11.8 Å². The first-order valence-electron chi connectivity index (χ1n) is 14.2. The van der Waals surface area contributed by atoms with Crippen molar-refractivity contribution in [1.82, 2.24) is 13.9 Å².